The molecule has 0 bridgehead atoms. The molecule has 4 nitrogen and oxygen atoms in total. The number of pyridine rings is 1. The van der Waals surface area contributed by atoms with Crippen molar-refractivity contribution < 1.29 is 4.79 Å². The molecule has 26 heavy (non-hydrogen) atoms. The summed E-state index contributed by atoms with van der Waals surface area (Å²) in [5.74, 6) is -0.187. The zero-order valence-corrected chi connectivity index (χ0v) is 16.3. The number of fused-ring (bicyclic) bond motifs is 1. The molecule has 0 fully saturated rings. The van der Waals surface area contributed by atoms with E-state index in [1.54, 1.807) is 23.5 Å². The maximum absolute atomic E-state index is 12.3. The number of carbonyl (C=O) groups is 1. The number of hydrogen-bond donors (Lipinski definition) is 1. The van der Waals surface area contributed by atoms with E-state index in [-0.39, 0.29) is 5.91 Å². The lowest BCUT2D eigenvalue weighted by Gasteiger charge is -2.05. The number of benzene rings is 2. The van der Waals surface area contributed by atoms with E-state index in [2.05, 4.69) is 50.3 Å². The van der Waals surface area contributed by atoms with Crippen molar-refractivity contribution in [2.24, 2.45) is 0 Å². The molecule has 0 spiro atoms. The number of aryl methyl sites for hydroxylation is 1. The van der Waals surface area contributed by atoms with Crippen molar-refractivity contribution in [3.63, 3.8) is 0 Å². The highest BCUT2D eigenvalue weighted by Crippen LogP contribution is 2.31. The number of amides is 1. The third-order valence-corrected chi connectivity index (χ3v) is 5.46. The van der Waals surface area contributed by atoms with Gasteiger partial charge >= 0.3 is 0 Å². The maximum Gasteiger partial charge on any atom is 0.257 e. The van der Waals surface area contributed by atoms with Crippen molar-refractivity contribution in [3.05, 3.63) is 76.5 Å². The van der Waals surface area contributed by atoms with Gasteiger partial charge in [-0.1, -0.05) is 6.07 Å². The first kappa shape index (κ1) is 16.9. The van der Waals surface area contributed by atoms with E-state index in [9.17, 15) is 4.79 Å². The van der Waals surface area contributed by atoms with Crippen molar-refractivity contribution in [2.75, 3.05) is 5.32 Å². The Hall–Kier alpha value is -2.57. The summed E-state index contributed by atoms with van der Waals surface area (Å²) in [5, 5.41) is 3.85. The van der Waals surface area contributed by atoms with Crippen LogP contribution in [0.5, 0.6) is 0 Å². The second kappa shape index (κ2) is 6.97. The smallest absolute Gasteiger partial charge is 0.257 e. The van der Waals surface area contributed by atoms with Crippen LogP contribution < -0.4 is 5.32 Å². The Labute approximate surface area is 163 Å². The fourth-order valence-corrected chi connectivity index (χ4v) is 3.87. The van der Waals surface area contributed by atoms with Crippen molar-refractivity contribution in [1.29, 1.82) is 0 Å². The number of halogens is 1. The standard InChI is InChI=1S/C20H14BrN3OS/c1-12-2-8-16-17(10-12)26-20(24-16)13-3-6-15(7-4-13)23-19(25)14-5-9-18(21)22-11-14/h2-11H,1H3,(H,23,25). The van der Waals surface area contributed by atoms with Crippen LogP contribution in [0.15, 0.2) is 65.4 Å². The molecule has 0 saturated heterocycles. The number of nitrogens with one attached hydrogen (secondary N) is 1. The monoisotopic (exact) mass is 423 g/mol. The molecule has 1 N–H and O–H groups in total. The topological polar surface area (TPSA) is 54.9 Å². The van der Waals surface area contributed by atoms with Crippen molar-refractivity contribution in [3.8, 4) is 10.6 Å². The van der Waals surface area contributed by atoms with Gasteiger partial charge < -0.3 is 5.32 Å². The van der Waals surface area contributed by atoms with E-state index < -0.39 is 0 Å². The molecule has 0 unspecified atom stereocenters. The van der Waals surface area contributed by atoms with Crippen LogP contribution in [-0.4, -0.2) is 15.9 Å². The molecule has 0 radical (unpaired) electrons. The number of thiazole rings is 1. The Balaban J connectivity index is 1.54. The summed E-state index contributed by atoms with van der Waals surface area (Å²) in [6.07, 6.45) is 1.54. The van der Waals surface area contributed by atoms with E-state index in [0.29, 0.717) is 10.2 Å². The van der Waals surface area contributed by atoms with Crippen LogP contribution in [0.3, 0.4) is 0 Å². The van der Waals surface area contributed by atoms with Crippen LogP contribution in [0.2, 0.25) is 0 Å². The van der Waals surface area contributed by atoms with Gasteiger partial charge in [0, 0.05) is 17.4 Å². The second-order valence-corrected chi connectivity index (χ2v) is 7.73. The van der Waals surface area contributed by atoms with Crippen molar-refractivity contribution >= 4 is 49.1 Å². The first-order chi connectivity index (χ1) is 12.6. The number of aromatic nitrogens is 2. The van der Waals surface area contributed by atoms with E-state index >= 15 is 0 Å². The summed E-state index contributed by atoms with van der Waals surface area (Å²) in [4.78, 5) is 21.0. The molecule has 128 valence electrons. The third-order valence-electron chi connectivity index (χ3n) is 3.92. The summed E-state index contributed by atoms with van der Waals surface area (Å²) in [6, 6.07) is 17.5. The minimum absolute atomic E-state index is 0.187. The van der Waals surface area contributed by atoms with Gasteiger partial charge in [-0.3, -0.25) is 4.79 Å². The molecular weight excluding hydrogens is 410 g/mol. The van der Waals surface area contributed by atoms with Crippen LogP contribution in [-0.2, 0) is 0 Å². The van der Waals surface area contributed by atoms with E-state index in [1.165, 1.54) is 16.5 Å². The van der Waals surface area contributed by atoms with E-state index in [4.69, 9.17) is 0 Å². The lowest BCUT2D eigenvalue weighted by Crippen LogP contribution is -2.11. The third kappa shape index (κ3) is 3.52. The van der Waals surface area contributed by atoms with Gasteiger partial charge in [-0.25, -0.2) is 9.97 Å². The molecule has 6 heteroatoms. The molecule has 0 aliphatic rings. The Morgan fingerprint density at radius 3 is 2.62 bits per heavy atom. The number of hydrogen-bond acceptors (Lipinski definition) is 4. The minimum atomic E-state index is -0.187. The van der Waals surface area contributed by atoms with Crippen molar-refractivity contribution in [1.82, 2.24) is 9.97 Å². The Bertz CT molecular complexity index is 1090. The highest BCUT2D eigenvalue weighted by molar-refractivity contribution is 9.10. The second-order valence-electron chi connectivity index (χ2n) is 5.89. The maximum atomic E-state index is 12.3. The largest absolute Gasteiger partial charge is 0.322 e. The average molecular weight is 424 g/mol. The van der Waals surface area contributed by atoms with E-state index in [0.717, 1.165) is 21.8 Å². The zero-order chi connectivity index (χ0) is 18.1. The molecule has 4 aromatic rings. The summed E-state index contributed by atoms with van der Waals surface area (Å²) >= 11 is 4.93. The number of carbonyl (C=O) groups excluding carboxylic acids is 1. The summed E-state index contributed by atoms with van der Waals surface area (Å²) in [5.41, 5.74) is 4.52. The normalized spacial score (nSPS) is 10.8. The zero-order valence-electron chi connectivity index (χ0n) is 13.9. The average Bonchev–Trinajstić information content (AvgIpc) is 3.06. The fraction of sp³-hybridized carbons (Fsp3) is 0.0500. The van der Waals surface area contributed by atoms with Gasteiger partial charge in [0.15, 0.2) is 0 Å². The van der Waals surface area contributed by atoms with Gasteiger partial charge in [-0.2, -0.15) is 0 Å². The predicted octanol–water partition coefficient (Wildman–Crippen LogP) is 5.68. The Morgan fingerprint density at radius 1 is 1.08 bits per heavy atom. The highest BCUT2D eigenvalue weighted by Gasteiger charge is 2.09. The molecule has 1 amide bonds. The number of nitrogens with zero attached hydrogens (tertiary/aromatic N) is 2. The molecule has 0 aliphatic heterocycles. The Kier molecular flexibility index (Phi) is 4.53. The predicted molar refractivity (Wildman–Crippen MR) is 110 cm³/mol. The fourth-order valence-electron chi connectivity index (χ4n) is 2.56. The Morgan fingerprint density at radius 2 is 1.88 bits per heavy atom. The molecule has 2 aromatic heterocycles. The lowest BCUT2D eigenvalue weighted by molar-refractivity contribution is 0.102. The van der Waals surface area contributed by atoms with Crippen LogP contribution in [0.1, 0.15) is 15.9 Å². The lowest BCUT2D eigenvalue weighted by atomic mass is 10.2. The van der Waals surface area contributed by atoms with Gasteiger partial charge in [0.2, 0.25) is 0 Å². The van der Waals surface area contributed by atoms with Crippen LogP contribution in [0, 0.1) is 6.92 Å². The summed E-state index contributed by atoms with van der Waals surface area (Å²) < 4.78 is 1.88. The first-order valence-corrected chi connectivity index (χ1v) is 9.60. The summed E-state index contributed by atoms with van der Waals surface area (Å²) in [6.45, 7) is 2.08. The van der Waals surface area contributed by atoms with Gasteiger partial charge in [0.1, 0.15) is 9.61 Å². The number of rotatable bonds is 3. The first-order valence-electron chi connectivity index (χ1n) is 7.99. The SMILES string of the molecule is Cc1ccc2nc(-c3ccc(NC(=O)c4ccc(Br)nc4)cc3)sc2c1. The van der Waals surface area contributed by atoms with Gasteiger partial charge in [0.05, 0.1) is 15.8 Å². The van der Waals surface area contributed by atoms with Crippen LogP contribution >= 0.6 is 27.3 Å². The van der Waals surface area contributed by atoms with Crippen LogP contribution in [0.25, 0.3) is 20.8 Å². The van der Waals surface area contributed by atoms with Gasteiger partial charge in [-0.05, 0) is 76.9 Å². The number of anilines is 1. The summed E-state index contributed by atoms with van der Waals surface area (Å²) in [7, 11) is 0. The molecule has 2 aromatic carbocycles. The van der Waals surface area contributed by atoms with Gasteiger partial charge in [-0.15, -0.1) is 11.3 Å². The molecule has 0 aliphatic carbocycles. The molecule has 2 heterocycles. The minimum Gasteiger partial charge on any atom is -0.322 e. The molecule has 4 rings (SSSR count). The van der Waals surface area contributed by atoms with Crippen LogP contribution in [0.4, 0.5) is 5.69 Å². The quantitative estimate of drug-likeness (QED) is 0.431. The van der Waals surface area contributed by atoms with Gasteiger partial charge in [0.25, 0.3) is 5.91 Å². The highest BCUT2D eigenvalue weighted by atomic mass is 79.9. The molecule has 0 saturated carbocycles. The molecular formula is C20H14BrN3OS. The molecule has 0 atom stereocenters. The van der Waals surface area contributed by atoms with Crippen molar-refractivity contribution in [2.45, 2.75) is 6.92 Å². The van der Waals surface area contributed by atoms with E-state index in [1.807, 2.05) is 30.3 Å².